The zero-order chi connectivity index (χ0) is 16.4. The van der Waals surface area contributed by atoms with Gasteiger partial charge in [-0.2, -0.15) is 0 Å². The molecule has 0 bridgehead atoms. The van der Waals surface area contributed by atoms with Gasteiger partial charge in [-0.15, -0.1) is 0 Å². The third-order valence-electron chi connectivity index (χ3n) is 4.08. The first-order valence-corrected chi connectivity index (χ1v) is 9.34. The number of benzene rings is 3. The molecule has 24 heavy (non-hydrogen) atoms. The van der Waals surface area contributed by atoms with E-state index >= 15 is 0 Å². The molecule has 0 amide bonds. The Morgan fingerprint density at radius 3 is 1.92 bits per heavy atom. The number of ether oxygens (including phenoxy) is 2. The van der Waals surface area contributed by atoms with E-state index in [1.54, 1.807) is 0 Å². The van der Waals surface area contributed by atoms with Gasteiger partial charge in [0.1, 0.15) is 5.75 Å². The maximum atomic E-state index is 5.58. The number of hydrogen-bond acceptors (Lipinski definition) is 2. The molecule has 0 N–H and O–H groups in total. The SMILES string of the molecule is CCOCOc1ccc(-[s+]2c3ccccc3c3ccccc32)cc1. The normalized spacial score (nSPS) is 11.2. The van der Waals surface area contributed by atoms with E-state index in [4.69, 9.17) is 9.47 Å². The van der Waals surface area contributed by atoms with Crippen LogP contribution in [-0.4, -0.2) is 13.4 Å². The summed E-state index contributed by atoms with van der Waals surface area (Å²) in [7, 11) is -0.0430. The van der Waals surface area contributed by atoms with Crippen molar-refractivity contribution in [2.24, 2.45) is 0 Å². The molecule has 3 aromatic carbocycles. The monoisotopic (exact) mass is 335 g/mol. The largest absolute Gasteiger partial charge is 0.468 e. The zero-order valence-electron chi connectivity index (χ0n) is 13.6. The van der Waals surface area contributed by atoms with Gasteiger partial charge in [-0.3, -0.25) is 0 Å². The van der Waals surface area contributed by atoms with Crippen LogP contribution in [-0.2, 0) is 4.74 Å². The highest BCUT2D eigenvalue weighted by Crippen LogP contribution is 2.48. The number of fused-ring (bicyclic) bond motifs is 3. The molecule has 120 valence electrons. The summed E-state index contributed by atoms with van der Waals surface area (Å²) in [6, 6.07) is 25.8. The van der Waals surface area contributed by atoms with E-state index in [9.17, 15) is 0 Å². The van der Waals surface area contributed by atoms with Gasteiger partial charge >= 0.3 is 0 Å². The molecule has 4 aromatic rings. The Kier molecular flexibility index (Phi) is 4.20. The standard InChI is InChI=1S/C21H19O2S/c1-2-22-15-23-16-11-13-17(14-12-16)24-20-9-5-3-7-18(20)19-8-4-6-10-21(19)24/h3-14H,2,15H2,1H3/q+1. The van der Waals surface area contributed by atoms with Gasteiger partial charge in [0.2, 0.25) is 0 Å². The Labute approximate surface area is 144 Å². The fourth-order valence-electron chi connectivity index (χ4n) is 2.97. The maximum absolute atomic E-state index is 5.58. The number of rotatable bonds is 5. The Morgan fingerprint density at radius 1 is 0.750 bits per heavy atom. The molecule has 0 aliphatic rings. The molecule has 0 fully saturated rings. The van der Waals surface area contributed by atoms with Gasteiger partial charge in [-0.05, 0) is 43.3 Å². The summed E-state index contributed by atoms with van der Waals surface area (Å²) in [5.41, 5.74) is 0. The third kappa shape index (κ3) is 2.66. The Hall–Kier alpha value is -2.36. The van der Waals surface area contributed by atoms with Crippen LogP contribution >= 0.6 is 10.5 Å². The molecule has 0 spiro atoms. The quantitative estimate of drug-likeness (QED) is 0.249. The van der Waals surface area contributed by atoms with Crippen LogP contribution in [0, 0.1) is 0 Å². The molecule has 0 aliphatic heterocycles. The third-order valence-corrected chi connectivity index (χ3v) is 6.41. The van der Waals surface area contributed by atoms with E-state index < -0.39 is 0 Å². The summed E-state index contributed by atoms with van der Waals surface area (Å²) in [4.78, 5) is 1.32. The lowest BCUT2D eigenvalue weighted by Gasteiger charge is -2.05. The van der Waals surface area contributed by atoms with E-state index in [0.717, 1.165) is 5.75 Å². The lowest BCUT2D eigenvalue weighted by molar-refractivity contribution is 0.0224. The number of thiophene rings is 1. The van der Waals surface area contributed by atoms with Crippen LogP contribution in [0.1, 0.15) is 6.92 Å². The van der Waals surface area contributed by atoms with Crippen molar-refractivity contribution >= 4 is 30.6 Å². The van der Waals surface area contributed by atoms with E-state index in [1.165, 1.54) is 25.1 Å². The lowest BCUT2D eigenvalue weighted by Crippen LogP contribution is -2.01. The van der Waals surface area contributed by atoms with Crippen LogP contribution in [0.4, 0.5) is 0 Å². The lowest BCUT2D eigenvalue weighted by atomic mass is 10.2. The summed E-state index contributed by atoms with van der Waals surface area (Å²) < 4.78 is 13.6. The molecule has 0 radical (unpaired) electrons. The molecule has 0 atom stereocenters. The summed E-state index contributed by atoms with van der Waals surface area (Å²) in [5.74, 6) is 0.844. The van der Waals surface area contributed by atoms with Crippen molar-refractivity contribution in [3.63, 3.8) is 0 Å². The van der Waals surface area contributed by atoms with Crippen LogP contribution in [0.15, 0.2) is 72.8 Å². The average Bonchev–Trinajstić information content (AvgIpc) is 2.97. The first-order valence-electron chi connectivity index (χ1n) is 8.12. The van der Waals surface area contributed by atoms with Gasteiger partial charge in [-0.25, -0.2) is 0 Å². The second-order valence-electron chi connectivity index (χ2n) is 5.52. The molecule has 1 aromatic heterocycles. The van der Waals surface area contributed by atoms with Crippen LogP contribution in [0.3, 0.4) is 0 Å². The summed E-state index contributed by atoms with van der Waals surface area (Å²) in [6.45, 7) is 2.92. The minimum absolute atomic E-state index is 0.0430. The highest BCUT2D eigenvalue weighted by molar-refractivity contribution is 7.50. The molecule has 1 heterocycles. The summed E-state index contributed by atoms with van der Waals surface area (Å²) in [6.07, 6.45) is 0. The van der Waals surface area contributed by atoms with Crippen molar-refractivity contribution in [2.45, 2.75) is 6.92 Å². The Balaban J connectivity index is 1.80. The van der Waals surface area contributed by atoms with Crippen LogP contribution in [0.25, 0.3) is 25.1 Å². The van der Waals surface area contributed by atoms with Gasteiger partial charge in [-0.1, -0.05) is 24.3 Å². The Morgan fingerprint density at radius 2 is 1.33 bits per heavy atom. The second-order valence-corrected chi connectivity index (χ2v) is 7.49. The van der Waals surface area contributed by atoms with E-state index in [1.807, 2.05) is 19.1 Å². The summed E-state index contributed by atoms with van der Waals surface area (Å²) >= 11 is 0. The maximum Gasteiger partial charge on any atom is 0.189 e. The number of hydrogen-bond donors (Lipinski definition) is 0. The van der Waals surface area contributed by atoms with Gasteiger partial charge in [0.15, 0.2) is 21.1 Å². The van der Waals surface area contributed by atoms with E-state index in [2.05, 4.69) is 60.7 Å². The van der Waals surface area contributed by atoms with Crippen molar-refractivity contribution in [3.8, 4) is 10.6 Å². The second kappa shape index (κ2) is 6.63. The molecule has 4 rings (SSSR count). The fourth-order valence-corrected chi connectivity index (χ4v) is 5.35. The van der Waals surface area contributed by atoms with Crippen molar-refractivity contribution in [1.82, 2.24) is 0 Å². The van der Waals surface area contributed by atoms with Gasteiger partial charge in [0.05, 0.1) is 0 Å². The van der Waals surface area contributed by atoms with Gasteiger partial charge in [0.25, 0.3) is 0 Å². The predicted octanol–water partition coefficient (Wildman–Crippen LogP) is 6.10. The average molecular weight is 335 g/mol. The van der Waals surface area contributed by atoms with Gasteiger partial charge in [0, 0.05) is 40.0 Å². The minimum atomic E-state index is -0.0430. The summed E-state index contributed by atoms with van der Waals surface area (Å²) in [5, 5.41) is 2.71. The smallest absolute Gasteiger partial charge is 0.189 e. The molecule has 0 saturated heterocycles. The molecule has 0 saturated carbocycles. The molecule has 0 aliphatic carbocycles. The Bertz CT molecular complexity index is 917. The first kappa shape index (κ1) is 15.2. The van der Waals surface area contributed by atoms with Gasteiger partial charge < -0.3 is 9.47 Å². The fraction of sp³-hybridized carbons (Fsp3) is 0.143. The van der Waals surface area contributed by atoms with Crippen molar-refractivity contribution in [2.75, 3.05) is 13.4 Å². The van der Waals surface area contributed by atoms with Crippen LogP contribution in [0.5, 0.6) is 5.75 Å². The van der Waals surface area contributed by atoms with Crippen molar-refractivity contribution in [3.05, 3.63) is 72.8 Å². The molecule has 0 unspecified atom stereocenters. The van der Waals surface area contributed by atoms with Crippen molar-refractivity contribution < 1.29 is 9.47 Å². The van der Waals surface area contributed by atoms with Crippen molar-refractivity contribution in [1.29, 1.82) is 0 Å². The van der Waals surface area contributed by atoms with E-state index in [0.29, 0.717) is 13.4 Å². The molecule has 2 nitrogen and oxygen atoms in total. The topological polar surface area (TPSA) is 18.5 Å². The van der Waals surface area contributed by atoms with Crippen LogP contribution < -0.4 is 4.74 Å². The zero-order valence-corrected chi connectivity index (χ0v) is 14.4. The van der Waals surface area contributed by atoms with Crippen LogP contribution in [0.2, 0.25) is 0 Å². The highest BCUT2D eigenvalue weighted by Gasteiger charge is 2.22. The molecular formula is C21H19O2S+. The van der Waals surface area contributed by atoms with E-state index in [-0.39, 0.29) is 10.5 Å². The first-order chi connectivity index (χ1) is 11.9. The molecular weight excluding hydrogens is 316 g/mol. The molecule has 3 heteroatoms. The minimum Gasteiger partial charge on any atom is -0.468 e. The highest BCUT2D eigenvalue weighted by atomic mass is 32.2. The predicted molar refractivity (Wildman–Crippen MR) is 102 cm³/mol.